The Morgan fingerprint density at radius 3 is 2.53 bits per heavy atom. The lowest BCUT2D eigenvalue weighted by molar-refractivity contribution is -0.115. The molecule has 1 fully saturated rings. The van der Waals surface area contributed by atoms with E-state index in [4.69, 9.17) is 9.15 Å². The standard InChI is InChI=1S/C30H26N6O6S/c1-16-12-26(40)42-24-14-20(9-11-21(16)24)41-30-33-28(32-29(34-30)35(2)3)31-17-4-6-18(7-5-17)36-25(39)15-43-27(36)22-10-8-19(37)13-23(22)38/h4-14,27,37-38H,15H2,1-3H3,(H,31,32,33,34). The smallest absolute Gasteiger partial charge is 0.336 e. The Labute approximate surface area is 249 Å². The summed E-state index contributed by atoms with van der Waals surface area (Å²) in [5.74, 6) is 0.990. The zero-order chi connectivity index (χ0) is 30.2. The van der Waals surface area contributed by atoms with Crippen molar-refractivity contribution >= 4 is 51.9 Å². The number of carbonyl (C=O) groups excluding carboxylic acids is 1. The van der Waals surface area contributed by atoms with E-state index >= 15 is 0 Å². The molecule has 1 saturated heterocycles. The Kier molecular flexibility index (Phi) is 7.24. The average Bonchev–Trinajstić information content (AvgIpc) is 3.33. The minimum absolute atomic E-state index is 0.0309. The first-order valence-corrected chi connectivity index (χ1v) is 14.2. The second-order valence-corrected chi connectivity index (χ2v) is 11.1. The molecule has 13 heteroatoms. The fraction of sp³-hybridized carbons (Fsp3) is 0.167. The summed E-state index contributed by atoms with van der Waals surface area (Å²) in [5, 5.41) is 23.6. The third-order valence-corrected chi connectivity index (χ3v) is 7.88. The van der Waals surface area contributed by atoms with Gasteiger partial charge < -0.3 is 29.6 Å². The largest absolute Gasteiger partial charge is 0.508 e. The van der Waals surface area contributed by atoms with E-state index in [0.29, 0.717) is 34.2 Å². The number of phenolic OH excluding ortho intramolecular Hbond substituents is 2. The highest BCUT2D eigenvalue weighted by atomic mass is 32.2. The van der Waals surface area contributed by atoms with E-state index < -0.39 is 11.0 Å². The number of benzene rings is 3. The number of anilines is 4. The highest BCUT2D eigenvalue weighted by molar-refractivity contribution is 8.00. The van der Waals surface area contributed by atoms with Crippen molar-refractivity contribution in [3.05, 3.63) is 88.3 Å². The molecule has 0 spiro atoms. The maximum atomic E-state index is 12.8. The number of aromatic nitrogens is 3. The van der Waals surface area contributed by atoms with Gasteiger partial charge in [0, 0.05) is 54.6 Å². The number of nitrogens with one attached hydrogen (secondary N) is 1. The molecular weight excluding hydrogens is 572 g/mol. The summed E-state index contributed by atoms with van der Waals surface area (Å²) in [6, 6.07) is 18.1. The Morgan fingerprint density at radius 1 is 1.00 bits per heavy atom. The molecule has 2 aromatic heterocycles. The van der Waals surface area contributed by atoms with Gasteiger partial charge in [-0.1, -0.05) is 0 Å². The molecular formula is C30H26N6O6S. The minimum Gasteiger partial charge on any atom is -0.508 e. The third kappa shape index (κ3) is 5.75. The van der Waals surface area contributed by atoms with Crippen LogP contribution in [0.2, 0.25) is 0 Å². The molecule has 0 bridgehead atoms. The van der Waals surface area contributed by atoms with Gasteiger partial charge in [-0.25, -0.2) is 4.79 Å². The van der Waals surface area contributed by atoms with Crippen LogP contribution in [0.15, 0.2) is 75.9 Å². The molecule has 1 atom stereocenters. The van der Waals surface area contributed by atoms with Crippen molar-refractivity contribution in [1.82, 2.24) is 15.0 Å². The molecule has 0 saturated carbocycles. The Morgan fingerprint density at radius 2 is 1.79 bits per heavy atom. The second-order valence-electron chi connectivity index (χ2n) is 9.99. The SMILES string of the molecule is Cc1cc(=O)oc2cc(Oc3nc(Nc4ccc(N5C(=O)CSC5c5ccc(O)cc5O)cc4)nc(N(C)C)n3)ccc12. The van der Waals surface area contributed by atoms with Gasteiger partial charge in [-0.2, -0.15) is 15.0 Å². The van der Waals surface area contributed by atoms with E-state index in [2.05, 4.69) is 20.3 Å². The van der Waals surface area contributed by atoms with Gasteiger partial charge in [0.1, 0.15) is 28.2 Å². The number of amides is 1. The van der Waals surface area contributed by atoms with Gasteiger partial charge in [0.2, 0.25) is 17.8 Å². The van der Waals surface area contributed by atoms with E-state index in [1.165, 1.54) is 30.0 Å². The molecule has 1 unspecified atom stereocenters. The number of phenols is 2. The molecule has 218 valence electrons. The summed E-state index contributed by atoms with van der Waals surface area (Å²) in [6.07, 6.45) is 0. The zero-order valence-corrected chi connectivity index (χ0v) is 24.1. The molecule has 1 aliphatic heterocycles. The predicted molar refractivity (Wildman–Crippen MR) is 164 cm³/mol. The molecule has 1 amide bonds. The summed E-state index contributed by atoms with van der Waals surface area (Å²) < 4.78 is 11.3. The fourth-order valence-electron chi connectivity index (χ4n) is 4.63. The molecule has 12 nitrogen and oxygen atoms in total. The summed E-state index contributed by atoms with van der Waals surface area (Å²) in [5.41, 5.74) is 2.57. The van der Waals surface area contributed by atoms with E-state index in [0.717, 1.165) is 10.9 Å². The Hall–Kier alpha value is -5.30. The van der Waals surface area contributed by atoms with Crippen molar-refractivity contribution in [2.75, 3.05) is 35.0 Å². The van der Waals surface area contributed by atoms with Crippen molar-refractivity contribution in [1.29, 1.82) is 0 Å². The topological polar surface area (TPSA) is 154 Å². The van der Waals surface area contributed by atoms with Gasteiger partial charge in [0.05, 0.1) is 5.75 Å². The number of ether oxygens (including phenoxy) is 1. The molecule has 6 rings (SSSR count). The number of aryl methyl sites for hydroxylation is 1. The lowest BCUT2D eigenvalue weighted by atomic mass is 10.1. The first-order chi connectivity index (χ1) is 20.6. The van der Waals surface area contributed by atoms with Crippen LogP contribution < -0.4 is 25.5 Å². The monoisotopic (exact) mass is 598 g/mol. The number of rotatable bonds is 7. The quantitative estimate of drug-likeness (QED) is 0.214. The van der Waals surface area contributed by atoms with Gasteiger partial charge in [0.25, 0.3) is 0 Å². The summed E-state index contributed by atoms with van der Waals surface area (Å²) in [6.45, 7) is 1.83. The van der Waals surface area contributed by atoms with Crippen molar-refractivity contribution in [3.8, 4) is 23.3 Å². The lowest BCUT2D eigenvalue weighted by Gasteiger charge is -2.25. The number of carbonyl (C=O) groups is 1. The van der Waals surface area contributed by atoms with Crippen LogP contribution in [0.25, 0.3) is 11.0 Å². The highest BCUT2D eigenvalue weighted by Gasteiger charge is 2.35. The highest BCUT2D eigenvalue weighted by Crippen LogP contribution is 2.45. The molecule has 3 heterocycles. The van der Waals surface area contributed by atoms with E-state index in [-0.39, 0.29) is 35.1 Å². The minimum atomic E-state index is -0.448. The van der Waals surface area contributed by atoms with E-state index in [1.54, 1.807) is 72.4 Å². The Bertz CT molecular complexity index is 1910. The van der Waals surface area contributed by atoms with Crippen molar-refractivity contribution in [2.24, 2.45) is 0 Å². The number of hydrogen-bond acceptors (Lipinski definition) is 12. The maximum Gasteiger partial charge on any atom is 0.336 e. The maximum absolute atomic E-state index is 12.8. The van der Waals surface area contributed by atoms with Gasteiger partial charge in [-0.05, 0) is 61.0 Å². The number of hydrogen-bond donors (Lipinski definition) is 3. The van der Waals surface area contributed by atoms with Crippen LogP contribution in [0.4, 0.5) is 23.3 Å². The molecule has 1 aliphatic rings. The van der Waals surface area contributed by atoms with Crippen LogP contribution in [-0.4, -0.2) is 50.9 Å². The average molecular weight is 599 g/mol. The van der Waals surface area contributed by atoms with Crippen molar-refractivity contribution < 1.29 is 24.2 Å². The third-order valence-electron chi connectivity index (χ3n) is 6.68. The van der Waals surface area contributed by atoms with Gasteiger partial charge >= 0.3 is 11.6 Å². The number of thioether (sulfide) groups is 1. The van der Waals surface area contributed by atoms with Crippen LogP contribution in [0.3, 0.4) is 0 Å². The van der Waals surface area contributed by atoms with Crippen molar-refractivity contribution in [2.45, 2.75) is 12.3 Å². The van der Waals surface area contributed by atoms with E-state index in [9.17, 15) is 19.8 Å². The van der Waals surface area contributed by atoms with Crippen LogP contribution in [0.5, 0.6) is 23.3 Å². The molecule has 0 radical (unpaired) electrons. The summed E-state index contributed by atoms with van der Waals surface area (Å²) >= 11 is 1.39. The van der Waals surface area contributed by atoms with Crippen LogP contribution in [0, 0.1) is 6.92 Å². The number of aromatic hydroxyl groups is 2. The molecule has 0 aliphatic carbocycles. The van der Waals surface area contributed by atoms with Gasteiger partial charge in [0.15, 0.2) is 0 Å². The second kappa shape index (κ2) is 11.2. The predicted octanol–water partition coefficient (Wildman–Crippen LogP) is 5.08. The van der Waals surface area contributed by atoms with Gasteiger partial charge in [-0.15, -0.1) is 11.8 Å². The van der Waals surface area contributed by atoms with Crippen LogP contribution >= 0.6 is 11.8 Å². The summed E-state index contributed by atoms with van der Waals surface area (Å²) in [7, 11) is 3.58. The zero-order valence-electron chi connectivity index (χ0n) is 23.3. The first-order valence-electron chi connectivity index (χ1n) is 13.1. The van der Waals surface area contributed by atoms with Gasteiger partial charge in [-0.3, -0.25) is 9.69 Å². The lowest BCUT2D eigenvalue weighted by Crippen LogP contribution is -2.27. The van der Waals surface area contributed by atoms with Crippen LogP contribution in [0.1, 0.15) is 16.5 Å². The molecule has 43 heavy (non-hydrogen) atoms. The fourth-order valence-corrected chi connectivity index (χ4v) is 5.84. The Balaban J connectivity index is 1.24. The molecule has 3 N–H and O–H groups in total. The molecule has 3 aromatic carbocycles. The number of fused-ring (bicyclic) bond motifs is 1. The van der Waals surface area contributed by atoms with Crippen LogP contribution in [-0.2, 0) is 4.79 Å². The van der Waals surface area contributed by atoms with E-state index in [1.807, 2.05) is 6.92 Å². The first kappa shape index (κ1) is 27.8. The number of nitrogens with zero attached hydrogens (tertiary/aromatic N) is 5. The molecule has 5 aromatic rings. The van der Waals surface area contributed by atoms with Crippen molar-refractivity contribution in [3.63, 3.8) is 0 Å². The normalized spacial score (nSPS) is 14.7. The summed E-state index contributed by atoms with van der Waals surface area (Å²) in [4.78, 5) is 41.2.